The van der Waals surface area contributed by atoms with Crippen LogP contribution in [0.25, 0.3) is 0 Å². The Morgan fingerprint density at radius 1 is 1.39 bits per heavy atom. The summed E-state index contributed by atoms with van der Waals surface area (Å²) in [4.78, 5) is 15.3. The smallest absolute Gasteiger partial charge is 0.332 e. The summed E-state index contributed by atoms with van der Waals surface area (Å²) in [6, 6.07) is 6.79. The van der Waals surface area contributed by atoms with Crippen molar-refractivity contribution in [2.45, 2.75) is 13.0 Å². The largest absolute Gasteiger partial charge is 0.479 e. The lowest BCUT2D eigenvalue weighted by molar-refractivity contribution is -0.138. The Hall–Kier alpha value is -2.30. The van der Waals surface area contributed by atoms with Crippen LogP contribution in [0.5, 0.6) is 0 Å². The average molecular weight is 245 g/mol. The van der Waals surface area contributed by atoms with E-state index in [1.165, 1.54) is 0 Å². The quantitative estimate of drug-likeness (QED) is 0.864. The lowest BCUT2D eigenvalue weighted by Crippen LogP contribution is -2.22. The summed E-state index contributed by atoms with van der Waals surface area (Å²) >= 11 is 0. The molecule has 1 heterocycles. The van der Waals surface area contributed by atoms with Crippen molar-refractivity contribution in [3.63, 3.8) is 0 Å². The van der Waals surface area contributed by atoms with E-state index in [-0.39, 0.29) is 0 Å². The van der Waals surface area contributed by atoms with E-state index in [4.69, 9.17) is 0 Å². The number of aryl methyl sites for hydroxylation is 2. The first-order valence-electron chi connectivity index (χ1n) is 5.60. The van der Waals surface area contributed by atoms with Gasteiger partial charge in [-0.2, -0.15) is 0 Å². The van der Waals surface area contributed by atoms with Crippen molar-refractivity contribution in [3.8, 4) is 0 Å². The van der Waals surface area contributed by atoms with Gasteiger partial charge < -0.3 is 15.0 Å². The first-order valence-corrected chi connectivity index (χ1v) is 5.60. The zero-order valence-electron chi connectivity index (χ0n) is 10.3. The molecule has 0 bridgehead atoms. The molecule has 94 valence electrons. The average Bonchev–Trinajstić information content (AvgIpc) is 2.74. The van der Waals surface area contributed by atoms with Crippen molar-refractivity contribution in [2.24, 2.45) is 7.05 Å². The van der Waals surface area contributed by atoms with Crippen LogP contribution in [-0.4, -0.2) is 20.6 Å². The first-order chi connectivity index (χ1) is 8.58. The number of rotatable bonds is 4. The van der Waals surface area contributed by atoms with Crippen molar-refractivity contribution in [2.75, 3.05) is 5.32 Å². The number of carboxylic acids is 1. The molecule has 1 atom stereocenters. The Balaban J connectivity index is 2.25. The first kappa shape index (κ1) is 12.2. The number of benzene rings is 1. The summed E-state index contributed by atoms with van der Waals surface area (Å²) in [5.41, 5.74) is 2.52. The fraction of sp³-hybridized carbons (Fsp3) is 0.231. The third kappa shape index (κ3) is 2.51. The maximum absolute atomic E-state index is 11.3. The number of carboxylic acid groups (broad SMARTS) is 1. The van der Waals surface area contributed by atoms with Crippen LogP contribution in [0.2, 0.25) is 0 Å². The maximum atomic E-state index is 11.3. The Labute approximate surface area is 105 Å². The summed E-state index contributed by atoms with van der Waals surface area (Å²) in [6.45, 7) is 1.99. The predicted molar refractivity (Wildman–Crippen MR) is 68.4 cm³/mol. The lowest BCUT2D eigenvalue weighted by Gasteiger charge is -2.16. The molecule has 1 unspecified atom stereocenters. The van der Waals surface area contributed by atoms with E-state index in [0.29, 0.717) is 5.69 Å². The molecule has 2 N–H and O–H groups in total. The van der Waals surface area contributed by atoms with Crippen molar-refractivity contribution in [1.29, 1.82) is 0 Å². The second-order valence-electron chi connectivity index (χ2n) is 4.21. The summed E-state index contributed by atoms with van der Waals surface area (Å²) in [5.74, 6) is -0.931. The summed E-state index contributed by atoms with van der Waals surface area (Å²) < 4.78 is 1.69. The molecule has 0 spiro atoms. The Kier molecular flexibility index (Phi) is 3.32. The van der Waals surface area contributed by atoms with Crippen LogP contribution in [0.1, 0.15) is 17.3 Å². The fourth-order valence-corrected chi connectivity index (χ4v) is 1.72. The molecule has 0 aliphatic heterocycles. The summed E-state index contributed by atoms with van der Waals surface area (Å²) in [6.07, 6.45) is 3.14. The molecular formula is C13H15N3O2. The molecule has 1 aromatic heterocycles. The molecule has 0 aliphatic carbocycles. The minimum Gasteiger partial charge on any atom is -0.479 e. The van der Waals surface area contributed by atoms with Crippen molar-refractivity contribution < 1.29 is 9.90 Å². The molecule has 1 aromatic carbocycles. The molecular weight excluding hydrogens is 230 g/mol. The molecule has 0 aliphatic rings. The van der Waals surface area contributed by atoms with Gasteiger partial charge in [0, 0.05) is 12.7 Å². The highest BCUT2D eigenvalue weighted by molar-refractivity contribution is 5.78. The van der Waals surface area contributed by atoms with Crippen LogP contribution in [0, 0.1) is 6.92 Å². The van der Waals surface area contributed by atoms with E-state index in [1.54, 1.807) is 24.1 Å². The number of anilines is 1. The monoisotopic (exact) mass is 245 g/mol. The van der Waals surface area contributed by atoms with E-state index in [1.807, 2.05) is 31.2 Å². The van der Waals surface area contributed by atoms with Gasteiger partial charge in [0.15, 0.2) is 6.04 Å². The highest BCUT2D eigenvalue weighted by atomic mass is 16.4. The predicted octanol–water partition coefficient (Wildman–Crippen LogP) is 1.97. The van der Waals surface area contributed by atoms with Gasteiger partial charge in [0.25, 0.3) is 0 Å². The standard InChI is InChI=1S/C13H15N3O2/c1-9-3-5-10(6-4-9)15-12(13(17)18)11-7-14-8-16(11)2/h3-8,12,15H,1-2H3,(H,17,18). The number of aromatic nitrogens is 2. The van der Waals surface area contributed by atoms with Crippen LogP contribution < -0.4 is 5.32 Å². The number of imidazole rings is 1. The molecule has 0 saturated carbocycles. The number of hydrogen-bond acceptors (Lipinski definition) is 3. The van der Waals surface area contributed by atoms with Gasteiger partial charge in [-0.05, 0) is 19.1 Å². The molecule has 5 nitrogen and oxygen atoms in total. The van der Waals surface area contributed by atoms with Gasteiger partial charge in [-0.25, -0.2) is 9.78 Å². The SMILES string of the molecule is Cc1ccc(NC(C(=O)O)c2cncn2C)cc1. The van der Waals surface area contributed by atoms with Crippen molar-refractivity contribution >= 4 is 11.7 Å². The van der Waals surface area contributed by atoms with E-state index in [9.17, 15) is 9.90 Å². The lowest BCUT2D eigenvalue weighted by atomic mass is 10.2. The van der Waals surface area contributed by atoms with Crippen molar-refractivity contribution in [1.82, 2.24) is 9.55 Å². The van der Waals surface area contributed by atoms with Crippen LogP contribution >= 0.6 is 0 Å². The molecule has 0 radical (unpaired) electrons. The summed E-state index contributed by atoms with van der Waals surface area (Å²) in [7, 11) is 1.77. The molecule has 0 fully saturated rings. The zero-order chi connectivity index (χ0) is 13.1. The van der Waals surface area contributed by atoms with E-state index >= 15 is 0 Å². The van der Waals surface area contributed by atoms with Gasteiger partial charge in [0.05, 0.1) is 18.2 Å². The highest BCUT2D eigenvalue weighted by Crippen LogP contribution is 2.19. The van der Waals surface area contributed by atoms with Gasteiger partial charge in [-0.3, -0.25) is 0 Å². The van der Waals surface area contributed by atoms with Gasteiger partial charge in [-0.15, -0.1) is 0 Å². The van der Waals surface area contributed by atoms with E-state index in [2.05, 4.69) is 10.3 Å². The third-order valence-corrected chi connectivity index (χ3v) is 2.76. The van der Waals surface area contributed by atoms with Gasteiger partial charge in [-0.1, -0.05) is 17.7 Å². The fourth-order valence-electron chi connectivity index (χ4n) is 1.72. The molecule has 0 saturated heterocycles. The van der Waals surface area contributed by atoms with E-state index < -0.39 is 12.0 Å². The van der Waals surface area contributed by atoms with Crippen molar-refractivity contribution in [3.05, 3.63) is 48.0 Å². The number of aliphatic carboxylic acids is 1. The maximum Gasteiger partial charge on any atom is 0.332 e. The normalized spacial score (nSPS) is 12.1. The number of nitrogens with one attached hydrogen (secondary N) is 1. The number of nitrogens with zero attached hydrogens (tertiary/aromatic N) is 2. The van der Waals surface area contributed by atoms with Crippen LogP contribution in [0.15, 0.2) is 36.8 Å². The Bertz CT molecular complexity index is 546. The van der Waals surface area contributed by atoms with Gasteiger partial charge in [0.2, 0.25) is 0 Å². The second-order valence-corrected chi connectivity index (χ2v) is 4.21. The van der Waals surface area contributed by atoms with E-state index in [0.717, 1.165) is 11.3 Å². The second kappa shape index (κ2) is 4.91. The van der Waals surface area contributed by atoms with Gasteiger partial charge >= 0.3 is 5.97 Å². The molecule has 2 rings (SSSR count). The van der Waals surface area contributed by atoms with Crippen LogP contribution in [-0.2, 0) is 11.8 Å². The Morgan fingerprint density at radius 3 is 2.56 bits per heavy atom. The summed E-state index contributed by atoms with van der Waals surface area (Å²) in [5, 5.41) is 12.3. The Morgan fingerprint density at radius 2 is 2.06 bits per heavy atom. The molecule has 0 amide bonds. The molecule has 2 aromatic rings. The number of carbonyl (C=O) groups is 1. The third-order valence-electron chi connectivity index (χ3n) is 2.76. The number of hydrogen-bond donors (Lipinski definition) is 2. The topological polar surface area (TPSA) is 67.2 Å². The highest BCUT2D eigenvalue weighted by Gasteiger charge is 2.22. The van der Waals surface area contributed by atoms with Crippen LogP contribution in [0.3, 0.4) is 0 Å². The molecule has 18 heavy (non-hydrogen) atoms. The molecule has 5 heteroatoms. The van der Waals surface area contributed by atoms with Crippen LogP contribution in [0.4, 0.5) is 5.69 Å². The minimum absolute atomic E-state index is 0.614. The minimum atomic E-state index is -0.931. The zero-order valence-corrected chi connectivity index (χ0v) is 10.3. The van der Waals surface area contributed by atoms with Gasteiger partial charge in [0.1, 0.15) is 0 Å².